The molecule has 1 aromatic heterocycles. The first-order chi connectivity index (χ1) is 11.0. The minimum absolute atomic E-state index is 0.233. The molecule has 0 fully saturated rings. The molecule has 1 unspecified atom stereocenters. The van der Waals surface area contributed by atoms with Gasteiger partial charge in [-0.1, -0.05) is 30.3 Å². The van der Waals surface area contributed by atoms with Crippen molar-refractivity contribution in [2.24, 2.45) is 0 Å². The van der Waals surface area contributed by atoms with Crippen molar-refractivity contribution < 1.29 is 9.90 Å². The number of nitrogens with zero attached hydrogens (tertiary/aromatic N) is 2. The summed E-state index contributed by atoms with van der Waals surface area (Å²) in [5.41, 5.74) is 1.75. The van der Waals surface area contributed by atoms with Crippen molar-refractivity contribution in [2.75, 3.05) is 0 Å². The number of hydrogen-bond acceptors (Lipinski definition) is 4. The van der Waals surface area contributed by atoms with Crippen LogP contribution in [0, 0.1) is 0 Å². The summed E-state index contributed by atoms with van der Waals surface area (Å²) >= 11 is 0. The maximum atomic E-state index is 12.3. The van der Waals surface area contributed by atoms with Gasteiger partial charge in [-0.25, -0.2) is 9.97 Å². The van der Waals surface area contributed by atoms with Crippen LogP contribution in [-0.2, 0) is 30.6 Å². The minimum atomic E-state index is -1.46. The highest BCUT2D eigenvalue weighted by Crippen LogP contribution is 2.18. The lowest BCUT2D eigenvalue weighted by molar-refractivity contribution is -0.138. The van der Waals surface area contributed by atoms with E-state index < -0.39 is 11.5 Å². The molecule has 0 aliphatic heterocycles. The Morgan fingerprint density at radius 2 is 2.09 bits per heavy atom. The summed E-state index contributed by atoms with van der Waals surface area (Å²) in [6.45, 7) is 1.76. The number of aromatic nitrogens is 2. The van der Waals surface area contributed by atoms with Crippen LogP contribution in [0.1, 0.15) is 36.0 Å². The Kier molecular flexibility index (Phi) is 4.39. The molecule has 2 N–H and O–H groups in total. The Morgan fingerprint density at radius 1 is 1.30 bits per heavy atom. The van der Waals surface area contributed by atoms with E-state index in [-0.39, 0.29) is 13.0 Å². The summed E-state index contributed by atoms with van der Waals surface area (Å²) in [7, 11) is 0. The molecule has 1 heterocycles. The van der Waals surface area contributed by atoms with E-state index in [1.54, 1.807) is 0 Å². The number of fused-ring (bicyclic) bond motifs is 1. The van der Waals surface area contributed by atoms with Gasteiger partial charge >= 0.3 is 0 Å². The molecule has 0 saturated heterocycles. The predicted octanol–water partition coefficient (Wildman–Crippen LogP) is 1.58. The van der Waals surface area contributed by atoms with Crippen molar-refractivity contribution in [1.82, 2.24) is 15.3 Å². The molecule has 1 aliphatic carbocycles. The lowest BCUT2D eigenvalue weighted by Gasteiger charge is -2.22. The molecule has 5 heteroatoms. The van der Waals surface area contributed by atoms with Gasteiger partial charge in [0.25, 0.3) is 5.91 Å². The fraction of sp³-hybridized carbons (Fsp3) is 0.389. The van der Waals surface area contributed by atoms with Gasteiger partial charge in [-0.15, -0.1) is 0 Å². The standard InChI is InChI=1S/C18H21N3O2/c1-18(23,10-13-6-3-2-4-7-13)17(22)20-12-16-19-11-14-8-5-9-15(14)21-16/h2-4,6-7,11,23H,5,8-10,12H2,1H3,(H,20,22). The summed E-state index contributed by atoms with van der Waals surface area (Å²) in [5.74, 6) is 0.181. The zero-order valence-corrected chi connectivity index (χ0v) is 13.2. The van der Waals surface area contributed by atoms with E-state index in [0.717, 1.165) is 30.5 Å². The molecule has 1 atom stereocenters. The van der Waals surface area contributed by atoms with E-state index in [2.05, 4.69) is 15.3 Å². The average molecular weight is 311 g/mol. The molecule has 2 aromatic rings. The smallest absolute Gasteiger partial charge is 0.252 e. The van der Waals surface area contributed by atoms with Gasteiger partial charge in [-0.05, 0) is 37.3 Å². The Balaban J connectivity index is 1.60. The predicted molar refractivity (Wildman–Crippen MR) is 86.7 cm³/mol. The van der Waals surface area contributed by atoms with Gasteiger partial charge in [0, 0.05) is 18.3 Å². The second-order valence-corrected chi connectivity index (χ2v) is 6.23. The number of rotatable bonds is 5. The lowest BCUT2D eigenvalue weighted by atomic mass is 9.95. The summed E-state index contributed by atoms with van der Waals surface area (Å²) in [6.07, 6.45) is 5.24. The van der Waals surface area contributed by atoms with Crippen molar-refractivity contribution in [3.8, 4) is 0 Å². The Bertz CT molecular complexity index is 699. The second kappa shape index (κ2) is 6.46. The van der Waals surface area contributed by atoms with Crippen LogP contribution in [0.3, 0.4) is 0 Å². The zero-order valence-electron chi connectivity index (χ0n) is 13.2. The highest BCUT2D eigenvalue weighted by Gasteiger charge is 2.30. The van der Waals surface area contributed by atoms with Crippen LogP contribution in [0.15, 0.2) is 36.5 Å². The van der Waals surface area contributed by atoms with Gasteiger partial charge in [0.15, 0.2) is 0 Å². The molecule has 0 radical (unpaired) electrons. The first-order valence-corrected chi connectivity index (χ1v) is 7.93. The zero-order chi connectivity index (χ0) is 16.3. The Labute approximate surface area is 135 Å². The molecule has 1 aliphatic rings. The van der Waals surface area contributed by atoms with E-state index in [1.807, 2.05) is 36.5 Å². The molecule has 1 amide bonds. The number of benzene rings is 1. The van der Waals surface area contributed by atoms with Gasteiger partial charge < -0.3 is 10.4 Å². The highest BCUT2D eigenvalue weighted by molar-refractivity contribution is 5.84. The maximum absolute atomic E-state index is 12.3. The molecule has 120 valence electrons. The normalized spacial score (nSPS) is 15.7. The van der Waals surface area contributed by atoms with E-state index in [9.17, 15) is 9.90 Å². The van der Waals surface area contributed by atoms with Crippen molar-refractivity contribution in [2.45, 2.75) is 44.8 Å². The fourth-order valence-electron chi connectivity index (χ4n) is 2.86. The largest absolute Gasteiger partial charge is 0.380 e. The van der Waals surface area contributed by atoms with Gasteiger partial charge in [-0.2, -0.15) is 0 Å². The number of nitrogens with one attached hydrogen (secondary N) is 1. The fourth-order valence-corrected chi connectivity index (χ4v) is 2.86. The molecule has 23 heavy (non-hydrogen) atoms. The average Bonchev–Trinajstić information content (AvgIpc) is 3.00. The molecular weight excluding hydrogens is 290 g/mol. The number of aryl methyl sites for hydroxylation is 2. The minimum Gasteiger partial charge on any atom is -0.380 e. The van der Waals surface area contributed by atoms with Crippen LogP contribution in [0.25, 0.3) is 0 Å². The molecule has 3 rings (SSSR count). The molecule has 5 nitrogen and oxygen atoms in total. The van der Waals surface area contributed by atoms with E-state index in [1.165, 1.54) is 12.5 Å². The third-order valence-electron chi connectivity index (χ3n) is 4.15. The molecule has 0 spiro atoms. The number of carbonyl (C=O) groups is 1. The van der Waals surface area contributed by atoms with Gasteiger partial charge in [0.05, 0.1) is 6.54 Å². The summed E-state index contributed by atoms with van der Waals surface area (Å²) in [5, 5.41) is 13.2. The van der Waals surface area contributed by atoms with Crippen molar-refractivity contribution in [1.29, 1.82) is 0 Å². The van der Waals surface area contributed by atoms with Gasteiger partial charge in [0.1, 0.15) is 11.4 Å². The Morgan fingerprint density at radius 3 is 2.87 bits per heavy atom. The maximum Gasteiger partial charge on any atom is 0.252 e. The number of aliphatic hydroxyl groups is 1. The molecule has 0 saturated carbocycles. The summed E-state index contributed by atoms with van der Waals surface area (Å²) in [6, 6.07) is 9.48. The topological polar surface area (TPSA) is 75.1 Å². The molecule has 0 bridgehead atoms. The van der Waals surface area contributed by atoms with Gasteiger partial charge in [0.2, 0.25) is 0 Å². The van der Waals surface area contributed by atoms with Crippen LogP contribution in [0.4, 0.5) is 0 Å². The van der Waals surface area contributed by atoms with Crippen molar-refractivity contribution >= 4 is 5.91 Å². The number of hydrogen-bond donors (Lipinski definition) is 2. The van der Waals surface area contributed by atoms with Gasteiger partial charge in [-0.3, -0.25) is 4.79 Å². The SMILES string of the molecule is CC(O)(Cc1ccccc1)C(=O)NCc1ncc2c(n1)CCC2. The Hall–Kier alpha value is -2.27. The van der Waals surface area contributed by atoms with E-state index in [4.69, 9.17) is 0 Å². The monoisotopic (exact) mass is 311 g/mol. The van der Waals surface area contributed by atoms with Crippen molar-refractivity contribution in [3.05, 3.63) is 59.2 Å². The first kappa shape index (κ1) is 15.6. The third kappa shape index (κ3) is 3.74. The highest BCUT2D eigenvalue weighted by atomic mass is 16.3. The first-order valence-electron chi connectivity index (χ1n) is 7.93. The van der Waals surface area contributed by atoms with Crippen LogP contribution in [-0.4, -0.2) is 26.6 Å². The van der Waals surface area contributed by atoms with Crippen LogP contribution in [0.2, 0.25) is 0 Å². The van der Waals surface area contributed by atoms with Crippen LogP contribution in [0.5, 0.6) is 0 Å². The summed E-state index contributed by atoms with van der Waals surface area (Å²) in [4.78, 5) is 21.0. The summed E-state index contributed by atoms with van der Waals surface area (Å²) < 4.78 is 0. The van der Waals surface area contributed by atoms with Crippen LogP contribution >= 0.6 is 0 Å². The van der Waals surface area contributed by atoms with E-state index >= 15 is 0 Å². The van der Waals surface area contributed by atoms with Crippen molar-refractivity contribution in [3.63, 3.8) is 0 Å². The number of amides is 1. The number of carbonyl (C=O) groups excluding carboxylic acids is 1. The quantitative estimate of drug-likeness (QED) is 0.879. The lowest BCUT2D eigenvalue weighted by Crippen LogP contribution is -2.46. The second-order valence-electron chi connectivity index (χ2n) is 6.23. The molecular formula is C18H21N3O2. The van der Waals surface area contributed by atoms with E-state index in [0.29, 0.717) is 5.82 Å². The third-order valence-corrected chi connectivity index (χ3v) is 4.15. The van der Waals surface area contributed by atoms with Crippen LogP contribution < -0.4 is 5.32 Å². The molecule has 1 aromatic carbocycles.